The number of hydrogen-bond acceptors (Lipinski definition) is 8. The molecule has 0 atom stereocenters. The molecule has 1 aliphatic heterocycles. The summed E-state index contributed by atoms with van der Waals surface area (Å²) in [6, 6.07) is 12.1. The fourth-order valence-electron chi connectivity index (χ4n) is 2.71. The average Bonchev–Trinajstić information content (AvgIpc) is 3.22. The van der Waals surface area contributed by atoms with Crippen LogP contribution in [0, 0.1) is 0 Å². The number of carbonyl (C=O) groups is 1. The summed E-state index contributed by atoms with van der Waals surface area (Å²) in [5, 5.41) is 4.29. The standard InChI is InChI=1S/C16H15N3O5S3/c20-16(13-9-25-10-17-13)18-11-5-7-12(8-6-11)19-26(21,22)14-3-1-2-4-15(14)27(19,23)24/h1-10,21-24H,(H,18,20). The van der Waals surface area contributed by atoms with E-state index >= 15 is 0 Å². The molecule has 0 spiro atoms. The SMILES string of the molecule is O=C(Nc1ccc(N2S(O)(O)c3ccccc3S2(O)O)cc1)c1cscn1. The molecule has 4 rings (SSSR count). The van der Waals surface area contributed by atoms with Crippen LogP contribution in [0.15, 0.2) is 69.2 Å². The van der Waals surface area contributed by atoms with E-state index in [2.05, 4.69) is 10.3 Å². The molecule has 0 radical (unpaired) electrons. The van der Waals surface area contributed by atoms with Crippen LogP contribution in [0.4, 0.5) is 11.4 Å². The number of rotatable bonds is 3. The molecule has 0 unspecified atom stereocenters. The van der Waals surface area contributed by atoms with E-state index in [1.54, 1.807) is 23.0 Å². The highest BCUT2D eigenvalue weighted by Gasteiger charge is 2.47. The molecule has 11 heteroatoms. The molecule has 5 N–H and O–H groups in total. The minimum absolute atomic E-state index is 0.0888. The Kier molecular flexibility index (Phi) is 4.39. The molecule has 0 bridgehead atoms. The Bertz CT molecular complexity index is 958. The van der Waals surface area contributed by atoms with Crippen LogP contribution in [0.2, 0.25) is 0 Å². The Hall–Kier alpha value is -2.12. The van der Waals surface area contributed by atoms with Crippen molar-refractivity contribution in [1.82, 2.24) is 4.98 Å². The largest absolute Gasteiger partial charge is 0.321 e. The minimum Gasteiger partial charge on any atom is -0.321 e. The fraction of sp³-hybridized carbons (Fsp3) is 0. The van der Waals surface area contributed by atoms with Gasteiger partial charge in [0.2, 0.25) is 0 Å². The zero-order valence-electron chi connectivity index (χ0n) is 13.6. The number of anilines is 2. The Morgan fingerprint density at radius 3 is 2.07 bits per heavy atom. The van der Waals surface area contributed by atoms with Crippen LogP contribution in [0.1, 0.15) is 10.5 Å². The van der Waals surface area contributed by atoms with Gasteiger partial charge in [0, 0.05) is 11.1 Å². The predicted molar refractivity (Wildman–Crippen MR) is 108 cm³/mol. The van der Waals surface area contributed by atoms with Crippen molar-refractivity contribution >= 4 is 50.2 Å². The third kappa shape index (κ3) is 2.99. The molecule has 0 aliphatic carbocycles. The molecule has 3 aromatic rings. The highest BCUT2D eigenvalue weighted by molar-refractivity contribution is 8.44. The summed E-state index contributed by atoms with van der Waals surface area (Å²) in [4.78, 5) is 16.1. The summed E-state index contributed by atoms with van der Waals surface area (Å²) in [6.07, 6.45) is 0. The number of hydrogen-bond donors (Lipinski definition) is 5. The van der Waals surface area contributed by atoms with Gasteiger partial charge in [0.25, 0.3) is 5.91 Å². The van der Waals surface area contributed by atoms with E-state index in [0.29, 0.717) is 11.4 Å². The van der Waals surface area contributed by atoms with Crippen LogP contribution in [-0.2, 0) is 0 Å². The fourth-order valence-corrected chi connectivity index (χ4v) is 7.94. The van der Waals surface area contributed by atoms with E-state index in [-0.39, 0.29) is 21.4 Å². The molecule has 142 valence electrons. The maximum atomic E-state index is 12.0. The first kappa shape index (κ1) is 18.3. The summed E-state index contributed by atoms with van der Waals surface area (Å²) in [7, 11) is -7.21. The first-order valence-corrected chi connectivity index (χ1v) is 11.5. The van der Waals surface area contributed by atoms with Crippen LogP contribution in [0.5, 0.6) is 0 Å². The lowest BCUT2D eigenvalue weighted by molar-refractivity contribution is 0.102. The van der Waals surface area contributed by atoms with Crippen LogP contribution in [0.25, 0.3) is 0 Å². The molecule has 2 aromatic carbocycles. The smallest absolute Gasteiger partial charge is 0.275 e. The monoisotopic (exact) mass is 425 g/mol. The molecule has 0 fully saturated rings. The lowest BCUT2D eigenvalue weighted by atomic mass is 10.3. The predicted octanol–water partition coefficient (Wildman–Crippen LogP) is 4.96. The van der Waals surface area contributed by atoms with Crippen molar-refractivity contribution in [1.29, 1.82) is 0 Å². The van der Waals surface area contributed by atoms with Crippen molar-refractivity contribution in [2.24, 2.45) is 0 Å². The molecule has 0 saturated heterocycles. The molecule has 1 aromatic heterocycles. The molecule has 1 amide bonds. The van der Waals surface area contributed by atoms with Crippen molar-refractivity contribution in [3.8, 4) is 0 Å². The van der Waals surface area contributed by atoms with E-state index in [1.807, 2.05) is 0 Å². The number of thiazole rings is 1. The number of fused-ring (bicyclic) bond motifs is 1. The highest BCUT2D eigenvalue weighted by Crippen LogP contribution is 2.77. The van der Waals surface area contributed by atoms with Crippen LogP contribution in [-0.4, -0.2) is 29.1 Å². The second-order valence-corrected chi connectivity index (χ2v) is 10.3. The summed E-state index contributed by atoms with van der Waals surface area (Å²) in [5.74, 6) is -0.369. The Balaban J connectivity index is 1.63. The third-order valence-corrected chi connectivity index (χ3v) is 9.10. The van der Waals surface area contributed by atoms with Crippen molar-refractivity contribution in [3.05, 3.63) is 65.1 Å². The summed E-state index contributed by atoms with van der Waals surface area (Å²) in [5.41, 5.74) is 2.51. The quantitative estimate of drug-likeness (QED) is 0.401. The first-order valence-electron chi connectivity index (χ1n) is 7.57. The average molecular weight is 426 g/mol. The first-order chi connectivity index (χ1) is 12.8. The summed E-state index contributed by atoms with van der Waals surface area (Å²) >= 11 is 1.31. The Morgan fingerprint density at radius 2 is 1.56 bits per heavy atom. The molecule has 8 nitrogen and oxygen atoms in total. The van der Waals surface area contributed by atoms with Crippen LogP contribution >= 0.6 is 32.9 Å². The normalized spacial score (nSPS) is 19.2. The van der Waals surface area contributed by atoms with Gasteiger partial charge in [-0.3, -0.25) is 23.0 Å². The van der Waals surface area contributed by atoms with Crippen molar-refractivity contribution in [3.63, 3.8) is 0 Å². The highest BCUT2D eigenvalue weighted by atomic mass is 32.4. The Labute approximate surface area is 162 Å². The van der Waals surface area contributed by atoms with E-state index in [0.717, 1.165) is 3.71 Å². The van der Waals surface area contributed by atoms with Crippen molar-refractivity contribution in [2.75, 3.05) is 9.03 Å². The maximum Gasteiger partial charge on any atom is 0.275 e. The van der Waals surface area contributed by atoms with Crippen LogP contribution in [0.3, 0.4) is 0 Å². The lowest BCUT2D eigenvalue weighted by Crippen LogP contribution is -2.24. The van der Waals surface area contributed by atoms with Gasteiger partial charge in [-0.2, -0.15) is 3.71 Å². The van der Waals surface area contributed by atoms with E-state index in [1.165, 1.54) is 47.7 Å². The molecular weight excluding hydrogens is 410 g/mol. The molecule has 2 heterocycles. The van der Waals surface area contributed by atoms with E-state index < -0.39 is 21.6 Å². The zero-order valence-corrected chi connectivity index (χ0v) is 16.0. The topological polar surface area (TPSA) is 126 Å². The van der Waals surface area contributed by atoms with Gasteiger partial charge in [-0.15, -0.1) is 11.3 Å². The maximum absolute atomic E-state index is 12.0. The molecular formula is C16H15N3O5S3. The van der Waals surface area contributed by atoms with Gasteiger partial charge < -0.3 is 5.32 Å². The van der Waals surface area contributed by atoms with Gasteiger partial charge in [-0.25, -0.2) is 4.98 Å². The second-order valence-electron chi connectivity index (χ2n) is 5.62. The van der Waals surface area contributed by atoms with Gasteiger partial charge >= 0.3 is 0 Å². The van der Waals surface area contributed by atoms with Gasteiger partial charge in [-0.05, 0) is 36.4 Å². The number of benzene rings is 2. The van der Waals surface area contributed by atoms with Crippen molar-refractivity contribution in [2.45, 2.75) is 9.79 Å². The molecule has 0 saturated carbocycles. The van der Waals surface area contributed by atoms with Crippen LogP contribution < -0.4 is 9.03 Å². The lowest BCUT2D eigenvalue weighted by Gasteiger charge is -2.45. The van der Waals surface area contributed by atoms with E-state index in [4.69, 9.17) is 0 Å². The van der Waals surface area contributed by atoms with Gasteiger partial charge in [0.05, 0.1) is 11.2 Å². The van der Waals surface area contributed by atoms with Crippen molar-refractivity contribution < 1.29 is 23.0 Å². The number of carbonyl (C=O) groups excluding carboxylic acids is 1. The van der Waals surface area contributed by atoms with E-state index in [9.17, 15) is 23.0 Å². The van der Waals surface area contributed by atoms with Gasteiger partial charge in [-0.1, -0.05) is 33.7 Å². The number of aromatic nitrogens is 1. The number of nitrogens with zero attached hydrogens (tertiary/aromatic N) is 2. The second kappa shape index (κ2) is 6.49. The van der Waals surface area contributed by atoms with Gasteiger partial charge in [0.15, 0.2) is 0 Å². The minimum atomic E-state index is -3.60. The molecule has 1 aliphatic rings. The third-order valence-electron chi connectivity index (χ3n) is 3.90. The summed E-state index contributed by atoms with van der Waals surface area (Å²) in [6.45, 7) is 0. The van der Waals surface area contributed by atoms with Gasteiger partial charge in [0.1, 0.15) is 15.5 Å². The number of amides is 1. The summed E-state index contributed by atoms with van der Waals surface area (Å²) < 4.78 is 43.3. The Morgan fingerprint density at radius 1 is 0.963 bits per heavy atom. The zero-order chi connectivity index (χ0) is 19.2. The number of nitrogens with one attached hydrogen (secondary N) is 1. The molecule has 27 heavy (non-hydrogen) atoms.